The summed E-state index contributed by atoms with van der Waals surface area (Å²) in [7, 11) is 0. The van der Waals surface area contributed by atoms with Gasteiger partial charge in [-0.05, 0) is 49.2 Å². The molecule has 0 radical (unpaired) electrons. The van der Waals surface area contributed by atoms with Gasteiger partial charge in [0.05, 0.1) is 12.1 Å². The van der Waals surface area contributed by atoms with Crippen molar-refractivity contribution < 1.29 is 14.6 Å². The minimum absolute atomic E-state index is 0.0400. The fourth-order valence-electron chi connectivity index (χ4n) is 3.42. The maximum Gasteiger partial charge on any atom is 0.182 e. The monoisotopic (exact) mass is 403 g/mol. The minimum Gasteiger partial charge on any atom is -0.491 e. The molecule has 3 aromatic rings. The van der Waals surface area contributed by atoms with E-state index in [0.29, 0.717) is 24.4 Å². The maximum atomic E-state index is 13.5. The minimum atomic E-state index is -0.709. The lowest BCUT2D eigenvalue weighted by Crippen LogP contribution is -2.49. The summed E-state index contributed by atoms with van der Waals surface area (Å²) in [5.74, 6) is 0.701. The molecule has 3 rings (SSSR count). The van der Waals surface area contributed by atoms with Gasteiger partial charge in [0.15, 0.2) is 5.78 Å². The molecule has 4 heteroatoms. The Morgan fingerprint density at radius 3 is 1.80 bits per heavy atom. The smallest absolute Gasteiger partial charge is 0.182 e. The molecule has 3 aromatic carbocycles. The Bertz CT molecular complexity index is 880. The number of hydrogen-bond donors (Lipinski definition) is 1. The van der Waals surface area contributed by atoms with Crippen molar-refractivity contribution in [2.75, 3.05) is 13.2 Å². The Kier molecular flexibility index (Phi) is 7.39. The summed E-state index contributed by atoms with van der Waals surface area (Å²) in [6, 6.07) is 27.6. The first kappa shape index (κ1) is 21.8. The number of carbonyl (C=O) groups excluding carboxylic acids is 1. The van der Waals surface area contributed by atoms with Gasteiger partial charge in [-0.25, -0.2) is 0 Å². The summed E-state index contributed by atoms with van der Waals surface area (Å²) < 4.78 is 5.41. The molecule has 0 amide bonds. The second kappa shape index (κ2) is 10.2. The van der Waals surface area contributed by atoms with Crippen molar-refractivity contribution >= 4 is 5.78 Å². The number of aliphatic hydroxyl groups excluding tert-OH is 1. The molecule has 0 spiro atoms. The number of aliphatic hydroxyl groups is 1. The van der Waals surface area contributed by atoms with Crippen molar-refractivity contribution in [2.24, 2.45) is 0 Å². The molecule has 0 fully saturated rings. The number of Topliss-reactive ketones (excluding diaryl/α,β-unsaturated/α-hetero) is 1. The molecule has 1 N–H and O–H groups in total. The van der Waals surface area contributed by atoms with Crippen molar-refractivity contribution in [2.45, 2.75) is 32.5 Å². The highest BCUT2D eigenvalue weighted by Crippen LogP contribution is 2.26. The summed E-state index contributed by atoms with van der Waals surface area (Å²) in [5, 5.41) is 8.90. The van der Waals surface area contributed by atoms with Crippen LogP contribution in [0.3, 0.4) is 0 Å². The summed E-state index contributed by atoms with van der Waals surface area (Å²) in [4.78, 5) is 15.7. The number of carbonyl (C=O) groups is 1. The zero-order valence-electron chi connectivity index (χ0n) is 17.6. The molecule has 0 aliphatic carbocycles. The highest BCUT2D eigenvalue weighted by molar-refractivity contribution is 6.02. The van der Waals surface area contributed by atoms with E-state index in [2.05, 4.69) is 29.2 Å². The number of benzene rings is 3. The molecule has 0 saturated heterocycles. The fraction of sp³-hybridized carbons (Fsp3) is 0.269. The predicted octanol–water partition coefficient (Wildman–Crippen LogP) is 4.72. The van der Waals surface area contributed by atoms with E-state index in [4.69, 9.17) is 9.84 Å². The van der Waals surface area contributed by atoms with E-state index in [1.165, 1.54) is 11.1 Å². The van der Waals surface area contributed by atoms with Gasteiger partial charge in [0.2, 0.25) is 0 Å². The van der Waals surface area contributed by atoms with Crippen molar-refractivity contribution in [3.8, 4) is 5.75 Å². The van der Waals surface area contributed by atoms with E-state index in [0.717, 1.165) is 0 Å². The molecule has 0 bridgehead atoms. The van der Waals surface area contributed by atoms with Crippen LogP contribution in [0, 0.1) is 0 Å². The number of nitrogens with zero attached hydrogens (tertiary/aromatic N) is 1. The number of rotatable bonds is 10. The van der Waals surface area contributed by atoms with Gasteiger partial charge < -0.3 is 9.84 Å². The van der Waals surface area contributed by atoms with Crippen molar-refractivity contribution in [3.63, 3.8) is 0 Å². The van der Waals surface area contributed by atoms with E-state index in [-0.39, 0.29) is 19.0 Å². The zero-order valence-corrected chi connectivity index (χ0v) is 17.6. The molecule has 0 aromatic heterocycles. The average molecular weight is 404 g/mol. The first-order chi connectivity index (χ1) is 14.5. The molecular weight excluding hydrogens is 374 g/mol. The summed E-state index contributed by atoms with van der Waals surface area (Å²) in [6.45, 7) is 5.51. The SMILES string of the molecule is CC(C)(C(=O)c1ccc(OCCO)cc1)N(Cc1ccccc1)Cc1ccccc1. The lowest BCUT2D eigenvalue weighted by atomic mass is 9.90. The van der Waals surface area contributed by atoms with Gasteiger partial charge in [0.25, 0.3) is 0 Å². The van der Waals surface area contributed by atoms with E-state index < -0.39 is 5.54 Å². The van der Waals surface area contributed by atoms with Gasteiger partial charge >= 0.3 is 0 Å². The van der Waals surface area contributed by atoms with Gasteiger partial charge in [-0.2, -0.15) is 0 Å². The van der Waals surface area contributed by atoms with Crippen LogP contribution in [0.4, 0.5) is 0 Å². The van der Waals surface area contributed by atoms with E-state index in [1.54, 1.807) is 24.3 Å². The summed E-state index contributed by atoms with van der Waals surface area (Å²) >= 11 is 0. The normalized spacial score (nSPS) is 11.5. The Hall–Kier alpha value is -2.95. The molecule has 4 nitrogen and oxygen atoms in total. The third-order valence-electron chi connectivity index (χ3n) is 5.26. The molecule has 0 unspecified atom stereocenters. The quantitative estimate of drug-likeness (QED) is 0.498. The van der Waals surface area contributed by atoms with Crippen LogP contribution in [0.5, 0.6) is 5.75 Å². The molecule has 0 aliphatic heterocycles. The lowest BCUT2D eigenvalue weighted by molar-refractivity contribution is 0.0589. The summed E-state index contributed by atoms with van der Waals surface area (Å²) in [5.41, 5.74) is 2.27. The second-order valence-corrected chi connectivity index (χ2v) is 7.81. The van der Waals surface area contributed by atoms with Crippen molar-refractivity contribution in [1.82, 2.24) is 4.90 Å². The number of ether oxygens (including phenoxy) is 1. The van der Waals surface area contributed by atoms with Crippen LogP contribution < -0.4 is 4.74 Å². The molecule has 30 heavy (non-hydrogen) atoms. The van der Waals surface area contributed by atoms with Crippen LogP contribution in [0.15, 0.2) is 84.9 Å². The zero-order chi connectivity index (χ0) is 21.4. The van der Waals surface area contributed by atoms with Crippen LogP contribution in [-0.4, -0.2) is 34.5 Å². The topological polar surface area (TPSA) is 49.8 Å². The van der Waals surface area contributed by atoms with Gasteiger partial charge in [-0.3, -0.25) is 9.69 Å². The molecule has 0 saturated carbocycles. The maximum absolute atomic E-state index is 13.5. The predicted molar refractivity (Wildman–Crippen MR) is 120 cm³/mol. The van der Waals surface area contributed by atoms with E-state index >= 15 is 0 Å². The average Bonchev–Trinajstić information content (AvgIpc) is 2.78. The van der Waals surface area contributed by atoms with Gasteiger partial charge in [0, 0.05) is 18.7 Å². The van der Waals surface area contributed by atoms with Crippen molar-refractivity contribution in [3.05, 3.63) is 102 Å². The van der Waals surface area contributed by atoms with Gasteiger partial charge in [0.1, 0.15) is 12.4 Å². The summed E-state index contributed by atoms with van der Waals surface area (Å²) in [6.07, 6.45) is 0. The highest BCUT2D eigenvalue weighted by atomic mass is 16.5. The van der Waals surface area contributed by atoms with E-state index in [1.807, 2.05) is 50.2 Å². The first-order valence-electron chi connectivity index (χ1n) is 10.2. The van der Waals surface area contributed by atoms with Crippen molar-refractivity contribution in [1.29, 1.82) is 0 Å². The number of ketones is 1. The van der Waals surface area contributed by atoms with Crippen LogP contribution in [0.1, 0.15) is 35.3 Å². The second-order valence-electron chi connectivity index (χ2n) is 7.81. The fourth-order valence-corrected chi connectivity index (χ4v) is 3.42. The van der Waals surface area contributed by atoms with E-state index in [9.17, 15) is 4.79 Å². The molecule has 156 valence electrons. The Labute approximate surface area is 178 Å². The van der Waals surface area contributed by atoms with Crippen LogP contribution in [0.2, 0.25) is 0 Å². The molecule has 0 aliphatic rings. The largest absolute Gasteiger partial charge is 0.491 e. The highest BCUT2D eigenvalue weighted by Gasteiger charge is 2.35. The van der Waals surface area contributed by atoms with Gasteiger partial charge in [-0.1, -0.05) is 60.7 Å². The third-order valence-corrected chi connectivity index (χ3v) is 5.26. The number of hydrogen-bond acceptors (Lipinski definition) is 4. The molecule has 0 heterocycles. The van der Waals surface area contributed by atoms with Crippen LogP contribution >= 0.6 is 0 Å². The lowest BCUT2D eigenvalue weighted by Gasteiger charge is -2.37. The third kappa shape index (κ3) is 5.56. The van der Waals surface area contributed by atoms with Crippen LogP contribution in [0.25, 0.3) is 0 Å². The molecule has 0 atom stereocenters. The van der Waals surface area contributed by atoms with Gasteiger partial charge in [-0.15, -0.1) is 0 Å². The van der Waals surface area contributed by atoms with Crippen LogP contribution in [-0.2, 0) is 13.1 Å². The molecular formula is C26H29NO3. The Morgan fingerprint density at radius 2 is 1.33 bits per heavy atom. The first-order valence-corrected chi connectivity index (χ1v) is 10.2. The standard InChI is InChI=1S/C26H29NO3/c1-26(2,25(29)23-13-15-24(16-14-23)30-18-17-28)27(19-21-9-5-3-6-10-21)20-22-11-7-4-8-12-22/h3-16,28H,17-20H2,1-2H3. The Balaban J connectivity index is 1.84. The Morgan fingerprint density at radius 1 is 0.833 bits per heavy atom.